The second-order valence-corrected chi connectivity index (χ2v) is 11.9. The summed E-state index contributed by atoms with van der Waals surface area (Å²) >= 11 is 0. The summed E-state index contributed by atoms with van der Waals surface area (Å²) in [5.41, 5.74) is 8.27. The van der Waals surface area contributed by atoms with Crippen LogP contribution >= 0.6 is 0 Å². The summed E-state index contributed by atoms with van der Waals surface area (Å²) in [5, 5.41) is 14.9. The Morgan fingerprint density at radius 2 is 0.757 bits per heavy atom. The highest BCUT2D eigenvalue weighted by atomic mass is 15.1. The van der Waals surface area contributed by atoms with Crippen molar-refractivity contribution in [3.05, 3.63) is 58.7 Å². The zero-order valence-corrected chi connectivity index (χ0v) is 25.5. The van der Waals surface area contributed by atoms with Crippen LogP contribution in [0.5, 0.6) is 0 Å². The molecule has 0 saturated carbocycles. The van der Waals surface area contributed by atoms with Gasteiger partial charge in [0.05, 0.1) is 12.3 Å². The maximum absolute atomic E-state index is 3.77. The predicted octanol–water partition coefficient (Wildman–Crippen LogP) is 8.75. The van der Waals surface area contributed by atoms with E-state index in [4.69, 9.17) is 0 Å². The van der Waals surface area contributed by atoms with Crippen LogP contribution in [0.1, 0.15) is 134 Å². The van der Waals surface area contributed by atoms with E-state index in [2.05, 4.69) is 127 Å². The molecule has 0 aliphatic rings. The van der Waals surface area contributed by atoms with Gasteiger partial charge in [-0.3, -0.25) is 10.6 Å². The molecule has 2 atom stereocenters. The fourth-order valence-corrected chi connectivity index (χ4v) is 5.03. The lowest BCUT2D eigenvalue weighted by atomic mass is 9.92. The van der Waals surface area contributed by atoms with E-state index in [-0.39, 0.29) is 12.3 Å². The first-order chi connectivity index (χ1) is 17.5. The molecule has 0 fully saturated rings. The number of unbranched alkanes of at least 4 members (excludes halogenated alkanes) is 2. The average molecular weight is 509 g/mol. The van der Waals surface area contributed by atoms with Gasteiger partial charge in [0.2, 0.25) is 0 Å². The molecule has 2 aromatic carbocycles. The summed E-state index contributed by atoms with van der Waals surface area (Å²) in [5.74, 6) is 2.03. The smallest absolute Gasteiger partial charge is 0.0739 e. The molecule has 208 valence electrons. The Bertz CT molecular complexity index is 804. The lowest BCUT2D eigenvalue weighted by molar-refractivity contribution is 0.525. The molecule has 0 aromatic heterocycles. The molecule has 0 heterocycles. The van der Waals surface area contributed by atoms with Gasteiger partial charge >= 0.3 is 0 Å². The standard InChI is InChI=1S/C33H56N4/c1-22(2)28-16-14-17-29(23(3)4)32(28)36-26(9)34-20-12-11-13-21-35-27(10)37-33-30(24(5)6)18-15-19-31(33)25(7)8/h14-19,22-27,34-37H,11-13,20-21H2,1-10H3. The maximum Gasteiger partial charge on any atom is 0.0739 e. The van der Waals surface area contributed by atoms with E-state index in [1.54, 1.807) is 0 Å². The third-order valence-electron chi connectivity index (χ3n) is 7.22. The average Bonchev–Trinajstić information content (AvgIpc) is 2.83. The summed E-state index contributed by atoms with van der Waals surface area (Å²) in [4.78, 5) is 0. The second kappa shape index (κ2) is 15.4. The van der Waals surface area contributed by atoms with Crippen LogP contribution in [-0.2, 0) is 0 Å². The largest absolute Gasteiger partial charge is 0.370 e. The molecule has 4 N–H and O–H groups in total. The van der Waals surface area contributed by atoms with Crippen LogP contribution in [0.25, 0.3) is 0 Å². The van der Waals surface area contributed by atoms with E-state index >= 15 is 0 Å². The molecule has 2 aromatic rings. The summed E-state index contributed by atoms with van der Waals surface area (Å²) in [6.45, 7) is 24.7. The minimum atomic E-state index is 0.246. The van der Waals surface area contributed by atoms with Crippen LogP contribution in [0.2, 0.25) is 0 Å². The number of benzene rings is 2. The topological polar surface area (TPSA) is 48.1 Å². The van der Waals surface area contributed by atoms with Gasteiger partial charge in [-0.15, -0.1) is 0 Å². The molecule has 0 aliphatic carbocycles. The number of hydrogen-bond donors (Lipinski definition) is 4. The van der Waals surface area contributed by atoms with E-state index in [0.717, 1.165) is 13.1 Å². The number of rotatable bonds is 16. The van der Waals surface area contributed by atoms with Gasteiger partial charge in [-0.2, -0.15) is 0 Å². The van der Waals surface area contributed by atoms with Crippen molar-refractivity contribution < 1.29 is 0 Å². The maximum atomic E-state index is 3.77. The van der Waals surface area contributed by atoms with Crippen molar-refractivity contribution >= 4 is 11.4 Å². The molecule has 0 spiro atoms. The van der Waals surface area contributed by atoms with Gasteiger partial charge < -0.3 is 10.6 Å². The number of anilines is 2. The van der Waals surface area contributed by atoms with Crippen molar-refractivity contribution in [3.63, 3.8) is 0 Å². The minimum Gasteiger partial charge on any atom is -0.370 e. The quantitative estimate of drug-likeness (QED) is 0.135. The molecule has 0 bridgehead atoms. The normalized spacial score (nSPS) is 13.6. The van der Waals surface area contributed by atoms with E-state index in [0.29, 0.717) is 23.7 Å². The third-order valence-corrected chi connectivity index (χ3v) is 7.22. The fourth-order valence-electron chi connectivity index (χ4n) is 5.03. The van der Waals surface area contributed by atoms with Crippen molar-refractivity contribution in [1.82, 2.24) is 10.6 Å². The molecule has 0 radical (unpaired) electrons. The highest BCUT2D eigenvalue weighted by Gasteiger charge is 2.16. The molecule has 2 unspecified atom stereocenters. The Morgan fingerprint density at radius 1 is 0.459 bits per heavy atom. The Kier molecular flexibility index (Phi) is 13.0. The highest BCUT2D eigenvalue weighted by Crippen LogP contribution is 2.33. The van der Waals surface area contributed by atoms with Crippen molar-refractivity contribution in [2.75, 3.05) is 23.7 Å². The van der Waals surface area contributed by atoms with Gasteiger partial charge in [-0.25, -0.2) is 0 Å². The van der Waals surface area contributed by atoms with Gasteiger partial charge in [-0.05, 0) is 85.7 Å². The third kappa shape index (κ3) is 9.65. The van der Waals surface area contributed by atoms with E-state index in [1.807, 2.05) is 0 Å². The zero-order chi connectivity index (χ0) is 27.5. The van der Waals surface area contributed by atoms with Crippen molar-refractivity contribution in [2.24, 2.45) is 0 Å². The first-order valence-electron chi connectivity index (χ1n) is 14.8. The van der Waals surface area contributed by atoms with Gasteiger partial charge in [-0.1, -0.05) is 98.2 Å². The molecular weight excluding hydrogens is 452 g/mol. The van der Waals surface area contributed by atoms with E-state index in [1.165, 1.54) is 52.9 Å². The monoisotopic (exact) mass is 508 g/mol. The van der Waals surface area contributed by atoms with Crippen molar-refractivity contribution in [3.8, 4) is 0 Å². The molecule has 0 aliphatic heterocycles. The first-order valence-corrected chi connectivity index (χ1v) is 14.8. The zero-order valence-electron chi connectivity index (χ0n) is 25.5. The molecule has 4 heteroatoms. The Morgan fingerprint density at radius 3 is 1.03 bits per heavy atom. The van der Waals surface area contributed by atoms with Crippen LogP contribution in [0.15, 0.2) is 36.4 Å². The number of hydrogen-bond acceptors (Lipinski definition) is 4. The fraction of sp³-hybridized carbons (Fsp3) is 0.636. The van der Waals surface area contributed by atoms with Gasteiger partial charge in [0.1, 0.15) is 0 Å². The number of para-hydroxylation sites is 2. The molecule has 2 rings (SSSR count). The van der Waals surface area contributed by atoms with Crippen molar-refractivity contribution in [2.45, 2.75) is 125 Å². The van der Waals surface area contributed by atoms with E-state index in [9.17, 15) is 0 Å². The van der Waals surface area contributed by atoms with Crippen LogP contribution in [0.4, 0.5) is 11.4 Å². The summed E-state index contributed by atoms with van der Waals surface area (Å²) in [6.07, 6.45) is 4.09. The Balaban J connectivity index is 1.75. The van der Waals surface area contributed by atoms with Crippen molar-refractivity contribution in [1.29, 1.82) is 0 Å². The highest BCUT2D eigenvalue weighted by molar-refractivity contribution is 5.61. The van der Waals surface area contributed by atoms with Crippen LogP contribution in [-0.4, -0.2) is 25.4 Å². The molecule has 0 saturated heterocycles. The molecule has 0 amide bonds. The summed E-state index contributed by atoms with van der Waals surface area (Å²) < 4.78 is 0. The van der Waals surface area contributed by atoms with Crippen LogP contribution < -0.4 is 21.3 Å². The molecule has 4 nitrogen and oxygen atoms in total. The summed E-state index contributed by atoms with van der Waals surface area (Å²) in [7, 11) is 0. The van der Waals surface area contributed by atoms with Gasteiger partial charge in [0, 0.05) is 11.4 Å². The SMILES string of the molecule is CC(NCCCCCNC(C)Nc1c(C(C)C)cccc1C(C)C)Nc1c(C(C)C)cccc1C(C)C. The second-order valence-electron chi connectivity index (χ2n) is 11.9. The minimum absolute atomic E-state index is 0.246. The van der Waals surface area contributed by atoms with Crippen LogP contribution in [0, 0.1) is 0 Å². The molecule has 37 heavy (non-hydrogen) atoms. The van der Waals surface area contributed by atoms with E-state index < -0.39 is 0 Å². The predicted molar refractivity (Wildman–Crippen MR) is 165 cm³/mol. The molecular formula is C33H56N4. The Labute approximate surface area is 228 Å². The van der Waals surface area contributed by atoms with Crippen LogP contribution in [0.3, 0.4) is 0 Å². The lowest BCUT2D eigenvalue weighted by Gasteiger charge is -2.25. The Hall–Kier alpha value is -2.04. The number of nitrogens with one attached hydrogen (secondary N) is 4. The van der Waals surface area contributed by atoms with Gasteiger partial charge in [0.15, 0.2) is 0 Å². The summed E-state index contributed by atoms with van der Waals surface area (Å²) in [6, 6.07) is 13.5. The first kappa shape index (κ1) is 31.2. The lowest BCUT2D eigenvalue weighted by Crippen LogP contribution is -2.35. The van der Waals surface area contributed by atoms with Gasteiger partial charge in [0.25, 0.3) is 0 Å².